The molecule has 0 aliphatic carbocycles. The molecule has 1 amide bonds. The summed E-state index contributed by atoms with van der Waals surface area (Å²) < 4.78 is 0.688. The van der Waals surface area contributed by atoms with Gasteiger partial charge in [-0.2, -0.15) is 0 Å². The number of hydrogen-bond donors (Lipinski definition) is 0. The van der Waals surface area contributed by atoms with Crippen LogP contribution in [0, 0.1) is 0 Å². The van der Waals surface area contributed by atoms with Gasteiger partial charge in [-0.15, -0.1) is 0 Å². The van der Waals surface area contributed by atoms with Gasteiger partial charge in [-0.3, -0.25) is 4.79 Å². The number of hydrogen-bond acceptors (Lipinski definition) is 1. The van der Waals surface area contributed by atoms with Gasteiger partial charge >= 0.3 is 0 Å². The Morgan fingerprint density at radius 2 is 1.85 bits per heavy atom. The number of carbonyl (C=O) groups is 1. The van der Waals surface area contributed by atoms with Crippen molar-refractivity contribution in [2.45, 2.75) is 6.54 Å². The van der Waals surface area contributed by atoms with E-state index in [1.807, 2.05) is 24.3 Å². The first kappa shape index (κ1) is 15.4. The number of nitrogens with zero attached hydrogens (tertiary/aromatic N) is 1. The largest absolute Gasteiger partial charge is 0.337 e. The summed E-state index contributed by atoms with van der Waals surface area (Å²) >= 11 is 15.2. The zero-order valence-corrected chi connectivity index (χ0v) is 13.8. The third-order valence-electron chi connectivity index (χ3n) is 2.82. The van der Waals surface area contributed by atoms with Gasteiger partial charge in [-0.1, -0.05) is 35.3 Å². The van der Waals surface area contributed by atoms with Crippen molar-refractivity contribution in [1.82, 2.24) is 4.90 Å². The summed E-state index contributed by atoms with van der Waals surface area (Å²) in [6.45, 7) is 0.495. The molecule has 0 aliphatic rings. The molecule has 0 radical (unpaired) electrons. The molecule has 0 atom stereocenters. The van der Waals surface area contributed by atoms with Crippen LogP contribution in [0.5, 0.6) is 0 Å². The Kier molecular flexibility index (Phi) is 5.08. The highest BCUT2D eigenvalue weighted by Gasteiger charge is 2.15. The van der Waals surface area contributed by atoms with E-state index >= 15 is 0 Å². The van der Waals surface area contributed by atoms with Crippen molar-refractivity contribution in [3.63, 3.8) is 0 Å². The van der Waals surface area contributed by atoms with Gasteiger partial charge in [-0.05, 0) is 51.8 Å². The van der Waals surface area contributed by atoms with Crippen LogP contribution >= 0.6 is 39.1 Å². The van der Waals surface area contributed by atoms with Crippen LogP contribution in [0.1, 0.15) is 15.9 Å². The molecule has 0 aromatic heterocycles. The van der Waals surface area contributed by atoms with Gasteiger partial charge in [0.2, 0.25) is 0 Å². The highest BCUT2D eigenvalue weighted by molar-refractivity contribution is 9.10. The van der Waals surface area contributed by atoms with Gasteiger partial charge in [-0.25, -0.2) is 0 Å². The molecule has 2 aromatic carbocycles. The standard InChI is InChI=1S/C15H12BrCl2NO/c1-19(9-10-3-2-4-11(17)7-10)15(20)13-6-5-12(18)8-14(13)16/h2-8H,9H2,1H3. The lowest BCUT2D eigenvalue weighted by atomic mass is 10.1. The van der Waals surface area contributed by atoms with Gasteiger partial charge in [0.15, 0.2) is 0 Å². The van der Waals surface area contributed by atoms with E-state index in [1.165, 1.54) is 0 Å². The van der Waals surface area contributed by atoms with Crippen molar-refractivity contribution < 1.29 is 4.79 Å². The Hall–Kier alpha value is -1.03. The molecule has 0 unspecified atom stereocenters. The second kappa shape index (κ2) is 6.61. The van der Waals surface area contributed by atoms with Crippen LogP contribution in [0.4, 0.5) is 0 Å². The number of carbonyl (C=O) groups excluding carboxylic acids is 1. The fourth-order valence-corrected chi connectivity index (χ4v) is 2.91. The van der Waals surface area contributed by atoms with Crippen LogP contribution in [0.25, 0.3) is 0 Å². The van der Waals surface area contributed by atoms with E-state index in [0.717, 1.165) is 5.56 Å². The molecule has 2 nitrogen and oxygen atoms in total. The number of halogens is 3. The third kappa shape index (κ3) is 3.75. The van der Waals surface area contributed by atoms with Gasteiger partial charge in [0.1, 0.15) is 0 Å². The molecular formula is C15H12BrCl2NO. The van der Waals surface area contributed by atoms with Gasteiger partial charge in [0.25, 0.3) is 5.91 Å². The zero-order valence-electron chi connectivity index (χ0n) is 10.7. The SMILES string of the molecule is CN(Cc1cccc(Cl)c1)C(=O)c1ccc(Cl)cc1Br. The second-order valence-electron chi connectivity index (χ2n) is 4.42. The van der Waals surface area contributed by atoms with Crippen LogP contribution in [-0.4, -0.2) is 17.9 Å². The maximum atomic E-state index is 12.4. The third-order valence-corrected chi connectivity index (χ3v) is 3.94. The molecule has 0 spiro atoms. The predicted octanol–water partition coefficient (Wildman–Crippen LogP) is 5.03. The zero-order chi connectivity index (χ0) is 14.7. The fraction of sp³-hybridized carbons (Fsp3) is 0.133. The molecule has 0 fully saturated rings. The average molecular weight is 373 g/mol. The Balaban J connectivity index is 2.16. The molecule has 0 saturated carbocycles. The molecule has 0 N–H and O–H groups in total. The minimum absolute atomic E-state index is 0.0754. The lowest BCUT2D eigenvalue weighted by molar-refractivity contribution is 0.0784. The van der Waals surface area contributed by atoms with Crippen molar-refractivity contribution in [3.05, 3.63) is 68.1 Å². The quantitative estimate of drug-likeness (QED) is 0.739. The van der Waals surface area contributed by atoms with E-state index in [9.17, 15) is 4.79 Å². The van der Waals surface area contributed by atoms with Gasteiger partial charge < -0.3 is 4.90 Å². The highest BCUT2D eigenvalue weighted by Crippen LogP contribution is 2.23. The Morgan fingerprint density at radius 3 is 2.50 bits per heavy atom. The summed E-state index contributed by atoms with van der Waals surface area (Å²) in [5.74, 6) is -0.0754. The van der Waals surface area contributed by atoms with Crippen LogP contribution in [0.15, 0.2) is 46.9 Å². The highest BCUT2D eigenvalue weighted by atomic mass is 79.9. The van der Waals surface area contributed by atoms with E-state index in [2.05, 4.69) is 15.9 Å². The van der Waals surface area contributed by atoms with Crippen molar-refractivity contribution in [3.8, 4) is 0 Å². The lowest BCUT2D eigenvalue weighted by Gasteiger charge is -2.18. The van der Waals surface area contributed by atoms with E-state index in [0.29, 0.717) is 26.6 Å². The molecule has 0 aliphatic heterocycles. The second-order valence-corrected chi connectivity index (χ2v) is 6.14. The molecule has 2 rings (SSSR count). The smallest absolute Gasteiger partial charge is 0.255 e. The van der Waals surface area contributed by atoms with Crippen LogP contribution in [0.2, 0.25) is 10.0 Å². The summed E-state index contributed by atoms with van der Waals surface area (Å²) in [6.07, 6.45) is 0. The minimum Gasteiger partial charge on any atom is -0.337 e. The van der Waals surface area contributed by atoms with Gasteiger partial charge in [0, 0.05) is 28.1 Å². The average Bonchev–Trinajstić information content (AvgIpc) is 2.38. The topological polar surface area (TPSA) is 20.3 Å². The predicted molar refractivity (Wildman–Crippen MR) is 86.4 cm³/mol. The van der Waals surface area contributed by atoms with Crippen LogP contribution in [0.3, 0.4) is 0 Å². The fourth-order valence-electron chi connectivity index (χ4n) is 1.85. The number of rotatable bonds is 3. The van der Waals surface area contributed by atoms with E-state index in [-0.39, 0.29) is 5.91 Å². The maximum absolute atomic E-state index is 12.4. The van der Waals surface area contributed by atoms with Crippen LogP contribution in [-0.2, 0) is 6.54 Å². The molecule has 0 saturated heterocycles. The van der Waals surface area contributed by atoms with E-state index < -0.39 is 0 Å². The van der Waals surface area contributed by atoms with E-state index in [4.69, 9.17) is 23.2 Å². The molecule has 0 heterocycles. The summed E-state index contributed by atoms with van der Waals surface area (Å²) in [5.41, 5.74) is 1.57. The molecular weight excluding hydrogens is 361 g/mol. The Bertz CT molecular complexity index is 646. The van der Waals surface area contributed by atoms with Crippen molar-refractivity contribution in [1.29, 1.82) is 0 Å². The maximum Gasteiger partial charge on any atom is 0.255 e. The Morgan fingerprint density at radius 1 is 1.15 bits per heavy atom. The van der Waals surface area contributed by atoms with Crippen molar-refractivity contribution in [2.24, 2.45) is 0 Å². The molecule has 0 bridgehead atoms. The first-order chi connectivity index (χ1) is 9.47. The van der Waals surface area contributed by atoms with Crippen LogP contribution < -0.4 is 0 Å². The van der Waals surface area contributed by atoms with Crippen molar-refractivity contribution in [2.75, 3.05) is 7.05 Å². The van der Waals surface area contributed by atoms with E-state index in [1.54, 1.807) is 30.1 Å². The summed E-state index contributed by atoms with van der Waals surface area (Å²) in [5, 5.41) is 1.25. The molecule has 2 aromatic rings. The molecule has 20 heavy (non-hydrogen) atoms. The molecule has 5 heteroatoms. The number of amides is 1. The summed E-state index contributed by atoms with van der Waals surface area (Å²) in [6, 6.07) is 12.6. The summed E-state index contributed by atoms with van der Waals surface area (Å²) in [4.78, 5) is 14.0. The monoisotopic (exact) mass is 371 g/mol. The first-order valence-corrected chi connectivity index (χ1v) is 7.47. The summed E-state index contributed by atoms with van der Waals surface area (Å²) in [7, 11) is 1.75. The number of benzene rings is 2. The van der Waals surface area contributed by atoms with Gasteiger partial charge in [0.05, 0.1) is 5.56 Å². The molecule has 104 valence electrons. The minimum atomic E-state index is -0.0754. The lowest BCUT2D eigenvalue weighted by Crippen LogP contribution is -2.26. The Labute approximate surface area is 136 Å². The first-order valence-electron chi connectivity index (χ1n) is 5.92. The van der Waals surface area contributed by atoms with Crippen molar-refractivity contribution >= 4 is 45.0 Å². The normalized spacial score (nSPS) is 10.4.